The van der Waals surface area contributed by atoms with Crippen molar-refractivity contribution in [3.63, 3.8) is 0 Å². The first-order valence-corrected chi connectivity index (χ1v) is 11.3. The molecule has 0 atom stereocenters. The Morgan fingerprint density at radius 3 is 2.47 bits per heavy atom. The van der Waals surface area contributed by atoms with E-state index in [1.807, 2.05) is 30.3 Å². The fraction of sp³-hybridized carbons (Fsp3) is 0.150. The number of sulfone groups is 1. The number of carbonyl (C=O) groups excluding carboxylic acids is 1. The summed E-state index contributed by atoms with van der Waals surface area (Å²) in [5, 5.41) is 13.8. The van der Waals surface area contributed by atoms with E-state index in [2.05, 4.69) is 15.6 Å². The van der Waals surface area contributed by atoms with E-state index in [1.54, 1.807) is 13.0 Å². The van der Waals surface area contributed by atoms with Crippen molar-refractivity contribution in [1.82, 2.24) is 15.6 Å². The number of amides is 2. The van der Waals surface area contributed by atoms with Crippen molar-refractivity contribution in [3.05, 3.63) is 65.3 Å². The van der Waals surface area contributed by atoms with Gasteiger partial charge < -0.3 is 15.7 Å². The van der Waals surface area contributed by atoms with Crippen LogP contribution in [0.1, 0.15) is 22.3 Å². The Balaban J connectivity index is 2.06. The van der Waals surface area contributed by atoms with Crippen LogP contribution in [-0.4, -0.2) is 37.1 Å². The summed E-state index contributed by atoms with van der Waals surface area (Å²) in [7, 11) is -3.96. The van der Waals surface area contributed by atoms with Crippen molar-refractivity contribution in [2.75, 3.05) is 6.54 Å². The maximum absolute atomic E-state index is 13.2. The molecule has 10 heteroatoms. The minimum absolute atomic E-state index is 0.0308. The Hall–Kier alpha value is -3.24. The highest BCUT2D eigenvalue weighted by molar-refractivity contribution is 7.93. The molecule has 1 aromatic heterocycles. The highest BCUT2D eigenvalue weighted by atomic mass is 32.2. The molecular weight excluding hydrogens is 426 g/mol. The number of carbonyl (C=O) groups is 2. The highest BCUT2D eigenvalue weighted by Gasteiger charge is 2.23. The van der Waals surface area contributed by atoms with E-state index < -0.39 is 15.9 Å². The lowest BCUT2D eigenvalue weighted by molar-refractivity contribution is 0.0955. The summed E-state index contributed by atoms with van der Waals surface area (Å²) >= 11 is 0.877. The molecule has 3 rings (SSSR count). The Labute approximate surface area is 177 Å². The summed E-state index contributed by atoms with van der Waals surface area (Å²) in [4.78, 5) is 27.0. The fourth-order valence-electron chi connectivity index (χ4n) is 2.71. The molecule has 2 amide bonds. The zero-order valence-corrected chi connectivity index (χ0v) is 17.6. The van der Waals surface area contributed by atoms with Gasteiger partial charge in [-0.15, -0.1) is 11.3 Å². The van der Waals surface area contributed by atoms with Crippen LogP contribution < -0.4 is 10.6 Å². The molecular formula is C20H19N3O5S2. The van der Waals surface area contributed by atoms with Gasteiger partial charge in [0.25, 0.3) is 5.91 Å². The predicted octanol–water partition coefficient (Wildman–Crippen LogP) is 3.16. The zero-order valence-electron chi connectivity index (χ0n) is 16.0. The van der Waals surface area contributed by atoms with Gasteiger partial charge in [-0.1, -0.05) is 30.3 Å². The molecule has 0 saturated heterocycles. The van der Waals surface area contributed by atoms with Crippen LogP contribution in [0.5, 0.6) is 0 Å². The Morgan fingerprint density at radius 1 is 1.07 bits per heavy atom. The lowest BCUT2D eigenvalue weighted by Crippen LogP contribution is -2.23. The van der Waals surface area contributed by atoms with Crippen LogP contribution >= 0.6 is 11.3 Å². The average Bonchev–Trinajstić information content (AvgIpc) is 3.23. The van der Waals surface area contributed by atoms with E-state index in [0.717, 1.165) is 16.9 Å². The number of nitrogens with one attached hydrogen (secondary N) is 2. The highest BCUT2D eigenvalue weighted by Crippen LogP contribution is 2.30. The molecule has 0 fully saturated rings. The van der Waals surface area contributed by atoms with Crippen LogP contribution in [0.15, 0.2) is 63.8 Å². The summed E-state index contributed by atoms with van der Waals surface area (Å²) < 4.78 is 26.4. The number of carboxylic acid groups (broad SMARTS) is 1. The summed E-state index contributed by atoms with van der Waals surface area (Å²) in [6.07, 6.45) is -0.0309. The molecule has 1 heterocycles. The number of aromatic nitrogens is 1. The topological polar surface area (TPSA) is 125 Å². The summed E-state index contributed by atoms with van der Waals surface area (Å²) in [5.74, 6) is -0.373. The van der Waals surface area contributed by atoms with Crippen molar-refractivity contribution in [3.8, 4) is 11.1 Å². The Morgan fingerprint density at radius 2 is 1.80 bits per heavy atom. The zero-order chi connectivity index (χ0) is 21.7. The molecule has 3 N–H and O–H groups in total. The maximum atomic E-state index is 13.2. The van der Waals surface area contributed by atoms with Crippen LogP contribution in [0.2, 0.25) is 0 Å². The first-order valence-electron chi connectivity index (χ1n) is 8.96. The lowest BCUT2D eigenvalue weighted by atomic mass is 10.0. The van der Waals surface area contributed by atoms with Gasteiger partial charge in [0.05, 0.1) is 17.6 Å². The molecule has 0 radical (unpaired) electrons. The fourth-order valence-corrected chi connectivity index (χ4v) is 5.30. The van der Waals surface area contributed by atoms with E-state index in [4.69, 9.17) is 5.11 Å². The van der Waals surface area contributed by atoms with Gasteiger partial charge in [-0.2, -0.15) is 0 Å². The number of hydrogen-bond acceptors (Lipinski definition) is 6. The van der Waals surface area contributed by atoms with Gasteiger partial charge in [-0.3, -0.25) is 4.79 Å². The molecule has 8 nitrogen and oxygen atoms in total. The van der Waals surface area contributed by atoms with Crippen LogP contribution in [0, 0.1) is 0 Å². The van der Waals surface area contributed by atoms with Gasteiger partial charge in [-0.05, 0) is 36.2 Å². The van der Waals surface area contributed by atoms with Gasteiger partial charge in [0, 0.05) is 12.1 Å². The predicted molar refractivity (Wildman–Crippen MR) is 112 cm³/mol. The van der Waals surface area contributed by atoms with Crippen molar-refractivity contribution in [2.24, 2.45) is 0 Å². The van der Waals surface area contributed by atoms with Gasteiger partial charge in [0.1, 0.15) is 9.22 Å². The van der Waals surface area contributed by atoms with E-state index in [-0.39, 0.29) is 27.1 Å². The standard InChI is InChI=1S/C20H19N3O5S2/c1-2-21-19(24)15-8-14(13-6-4-3-5-7-13)9-16(10-15)30(27,28)18-12-22-17(29-18)11-23-20(25)26/h3-10,12,23H,2,11H2,1H3,(H,21,24)(H,25,26). The largest absolute Gasteiger partial charge is 0.465 e. The summed E-state index contributed by atoms with van der Waals surface area (Å²) in [6, 6.07) is 13.7. The maximum Gasteiger partial charge on any atom is 0.405 e. The molecule has 156 valence electrons. The molecule has 30 heavy (non-hydrogen) atoms. The lowest BCUT2D eigenvalue weighted by Gasteiger charge is -2.10. The summed E-state index contributed by atoms with van der Waals surface area (Å²) in [6.45, 7) is 2.09. The molecule has 0 aliphatic rings. The van der Waals surface area contributed by atoms with Gasteiger partial charge in [0.15, 0.2) is 0 Å². The third-order valence-corrected chi connectivity index (χ3v) is 7.30. The number of thiazole rings is 1. The summed E-state index contributed by atoms with van der Waals surface area (Å²) in [5.41, 5.74) is 1.60. The first-order chi connectivity index (χ1) is 14.3. The molecule has 0 aliphatic heterocycles. The second-order valence-electron chi connectivity index (χ2n) is 6.21. The Bertz CT molecular complexity index is 1170. The third kappa shape index (κ3) is 4.84. The SMILES string of the molecule is CCNC(=O)c1cc(-c2ccccc2)cc(S(=O)(=O)c2cnc(CNC(=O)O)s2)c1. The van der Waals surface area contributed by atoms with Gasteiger partial charge >= 0.3 is 6.09 Å². The smallest absolute Gasteiger partial charge is 0.405 e. The number of benzene rings is 2. The molecule has 0 unspecified atom stereocenters. The van der Waals surface area contributed by atoms with E-state index in [1.165, 1.54) is 18.3 Å². The monoisotopic (exact) mass is 445 g/mol. The van der Waals surface area contributed by atoms with Crippen molar-refractivity contribution in [1.29, 1.82) is 0 Å². The quantitative estimate of drug-likeness (QED) is 0.513. The van der Waals surface area contributed by atoms with E-state index in [9.17, 15) is 18.0 Å². The van der Waals surface area contributed by atoms with Crippen LogP contribution in [0.25, 0.3) is 11.1 Å². The average molecular weight is 446 g/mol. The second kappa shape index (κ2) is 9.06. The minimum atomic E-state index is -3.96. The molecule has 3 aromatic rings. The Kier molecular flexibility index (Phi) is 6.48. The van der Waals surface area contributed by atoms with Crippen LogP contribution in [-0.2, 0) is 16.4 Å². The second-order valence-corrected chi connectivity index (χ2v) is 9.50. The van der Waals surface area contributed by atoms with Crippen molar-refractivity contribution < 1.29 is 23.1 Å². The van der Waals surface area contributed by atoms with Gasteiger partial charge in [0.2, 0.25) is 9.84 Å². The minimum Gasteiger partial charge on any atom is -0.465 e. The molecule has 0 spiro atoms. The van der Waals surface area contributed by atoms with E-state index >= 15 is 0 Å². The molecule has 0 saturated carbocycles. The van der Waals surface area contributed by atoms with Crippen LogP contribution in [0.3, 0.4) is 0 Å². The number of rotatable bonds is 7. The number of nitrogens with zero attached hydrogens (tertiary/aromatic N) is 1. The number of hydrogen-bond donors (Lipinski definition) is 3. The first kappa shape index (κ1) is 21.5. The van der Waals surface area contributed by atoms with Crippen LogP contribution in [0.4, 0.5) is 4.79 Å². The molecule has 2 aromatic carbocycles. The third-order valence-electron chi connectivity index (χ3n) is 4.11. The van der Waals surface area contributed by atoms with Gasteiger partial charge in [-0.25, -0.2) is 18.2 Å². The van der Waals surface area contributed by atoms with Crippen molar-refractivity contribution in [2.45, 2.75) is 22.6 Å². The van der Waals surface area contributed by atoms with E-state index in [0.29, 0.717) is 17.1 Å². The molecule has 0 aliphatic carbocycles. The molecule has 0 bridgehead atoms. The normalized spacial score (nSPS) is 11.1. The van der Waals surface area contributed by atoms with Crippen molar-refractivity contribution >= 4 is 33.2 Å².